The number of nitrogens with one attached hydrogen (secondary N) is 1. The first-order valence-electron chi connectivity index (χ1n) is 4.25. The van der Waals surface area contributed by atoms with Crippen molar-refractivity contribution in [2.75, 3.05) is 5.88 Å². The molecule has 0 unspecified atom stereocenters. The number of aryl methyl sites for hydroxylation is 2. The van der Waals surface area contributed by atoms with Gasteiger partial charge < -0.3 is 5.32 Å². The van der Waals surface area contributed by atoms with Crippen molar-refractivity contribution in [3.05, 3.63) is 23.3 Å². The van der Waals surface area contributed by atoms with Crippen LogP contribution in [-0.4, -0.2) is 21.8 Å². The van der Waals surface area contributed by atoms with Crippen LogP contribution >= 0.6 is 11.6 Å². The van der Waals surface area contributed by atoms with Gasteiger partial charge in [0.2, 0.25) is 5.91 Å². The molecule has 4 nitrogen and oxygen atoms in total. The topological polar surface area (TPSA) is 54.9 Å². The number of carbonyl (C=O) groups excluding carboxylic acids is 1. The van der Waals surface area contributed by atoms with Gasteiger partial charge in [0.25, 0.3) is 0 Å². The number of amides is 1. The fourth-order valence-corrected chi connectivity index (χ4v) is 1.20. The van der Waals surface area contributed by atoms with Gasteiger partial charge in [0.1, 0.15) is 11.7 Å². The number of carbonyl (C=O) groups is 1. The quantitative estimate of drug-likeness (QED) is 0.761. The van der Waals surface area contributed by atoms with Gasteiger partial charge in [0.05, 0.1) is 6.54 Å². The van der Waals surface area contributed by atoms with Crippen LogP contribution in [-0.2, 0) is 11.3 Å². The van der Waals surface area contributed by atoms with Crippen LogP contribution in [0.1, 0.15) is 17.2 Å². The molecule has 0 saturated carbocycles. The number of hydrogen-bond acceptors (Lipinski definition) is 3. The van der Waals surface area contributed by atoms with Crippen molar-refractivity contribution >= 4 is 17.5 Å². The summed E-state index contributed by atoms with van der Waals surface area (Å²) in [6, 6.07) is 1.88. The molecule has 0 bridgehead atoms. The van der Waals surface area contributed by atoms with E-state index < -0.39 is 0 Å². The predicted octanol–water partition coefficient (Wildman–Crippen LogP) is 0.948. The standard InChI is InChI=1S/C9H12ClN3O/c1-6-3-7(2)13-8(12-6)5-11-9(14)4-10/h3H,4-5H2,1-2H3,(H,11,14). The van der Waals surface area contributed by atoms with Crippen molar-refractivity contribution in [3.63, 3.8) is 0 Å². The SMILES string of the molecule is Cc1cc(C)nc(CNC(=O)CCl)n1. The summed E-state index contributed by atoms with van der Waals surface area (Å²) in [5, 5.41) is 2.61. The molecule has 5 heteroatoms. The lowest BCUT2D eigenvalue weighted by Gasteiger charge is -2.03. The molecule has 1 amide bonds. The second-order valence-electron chi connectivity index (χ2n) is 2.98. The monoisotopic (exact) mass is 213 g/mol. The maximum absolute atomic E-state index is 10.9. The van der Waals surface area contributed by atoms with Gasteiger partial charge >= 0.3 is 0 Å². The smallest absolute Gasteiger partial charge is 0.235 e. The lowest BCUT2D eigenvalue weighted by atomic mass is 10.3. The van der Waals surface area contributed by atoms with Gasteiger partial charge in [-0.1, -0.05) is 0 Å². The van der Waals surface area contributed by atoms with Crippen LogP contribution in [0.15, 0.2) is 6.07 Å². The minimum Gasteiger partial charge on any atom is -0.348 e. The number of hydrogen-bond donors (Lipinski definition) is 1. The highest BCUT2D eigenvalue weighted by atomic mass is 35.5. The third kappa shape index (κ3) is 3.30. The first kappa shape index (κ1) is 10.9. The van der Waals surface area contributed by atoms with Gasteiger partial charge in [-0.25, -0.2) is 9.97 Å². The van der Waals surface area contributed by atoms with E-state index in [-0.39, 0.29) is 11.8 Å². The van der Waals surface area contributed by atoms with Crippen LogP contribution in [0.4, 0.5) is 0 Å². The Hall–Kier alpha value is -1.16. The summed E-state index contributed by atoms with van der Waals surface area (Å²) < 4.78 is 0. The van der Waals surface area contributed by atoms with E-state index in [1.165, 1.54) is 0 Å². The Morgan fingerprint density at radius 3 is 2.50 bits per heavy atom. The zero-order chi connectivity index (χ0) is 10.6. The van der Waals surface area contributed by atoms with Gasteiger partial charge in [-0.2, -0.15) is 0 Å². The van der Waals surface area contributed by atoms with Crippen molar-refractivity contribution in [1.82, 2.24) is 15.3 Å². The predicted molar refractivity (Wildman–Crippen MR) is 54.1 cm³/mol. The Morgan fingerprint density at radius 1 is 1.43 bits per heavy atom. The van der Waals surface area contributed by atoms with Crippen LogP contribution in [0.3, 0.4) is 0 Å². The van der Waals surface area contributed by atoms with E-state index >= 15 is 0 Å². The summed E-state index contributed by atoms with van der Waals surface area (Å²) in [6.07, 6.45) is 0. The molecule has 1 heterocycles. The summed E-state index contributed by atoms with van der Waals surface area (Å²) in [6.45, 7) is 4.11. The third-order valence-corrected chi connectivity index (χ3v) is 1.84. The van der Waals surface area contributed by atoms with Gasteiger partial charge in [0, 0.05) is 11.4 Å². The van der Waals surface area contributed by atoms with Crippen molar-refractivity contribution in [2.24, 2.45) is 0 Å². The number of aromatic nitrogens is 2. The highest BCUT2D eigenvalue weighted by Crippen LogP contribution is 1.98. The first-order valence-corrected chi connectivity index (χ1v) is 4.79. The molecule has 0 radical (unpaired) electrons. The van der Waals surface area contributed by atoms with E-state index in [4.69, 9.17) is 11.6 Å². The Labute approximate surface area is 87.7 Å². The lowest BCUT2D eigenvalue weighted by molar-refractivity contribution is -0.118. The molecule has 0 atom stereocenters. The summed E-state index contributed by atoms with van der Waals surface area (Å²) in [7, 11) is 0. The second kappa shape index (κ2) is 4.91. The fraction of sp³-hybridized carbons (Fsp3) is 0.444. The lowest BCUT2D eigenvalue weighted by Crippen LogP contribution is -2.25. The van der Waals surface area contributed by atoms with E-state index in [1.807, 2.05) is 19.9 Å². The Balaban J connectivity index is 2.63. The van der Waals surface area contributed by atoms with Gasteiger partial charge in [-0.3, -0.25) is 4.79 Å². The highest BCUT2D eigenvalue weighted by Gasteiger charge is 2.02. The molecule has 0 fully saturated rings. The van der Waals surface area contributed by atoms with Crippen LogP contribution < -0.4 is 5.32 Å². The highest BCUT2D eigenvalue weighted by molar-refractivity contribution is 6.27. The summed E-state index contributed by atoms with van der Waals surface area (Å²) in [5.74, 6) is 0.362. The van der Waals surface area contributed by atoms with E-state index in [0.29, 0.717) is 12.4 Å². The van der Waals surface area contributed by atoms with Crippen LogP contribution in [0.5, 0.6) is 0 Å². The molecule has 76 valence electrons. The average molecular weight is 214 g/mol. The van der Waals surface area contributed by atoms with E-state index in [1.54, 1.807) is 0 Å². The number of halogens is 1. The molecule has 0 aromatic carbocycles. The molecule has 1 rings (SSSR count). The molecule has 0 saturated heterocycles. The molecule has 0 spiro atoms. The number of alkyl halides is 1. The molecule has 1 N–H and O–H groups in total. The van der Waals surface area contributed by atoms with Crippen molar-refractivity contribution < 1.29 is 4.79 Å². The molecule has 1 aromatic heterocycles. The molecule has 0 aliphatic carbocycles. The van der Waals surface area contributed by atoms with Gasteiger partial charge in [-0.05, 0) is 19.9 Å². The van der Waals surface area contributed by atoms with E-state index in [2.05, 4.69) is 15.3 Å². The van der Waals surface area contributed by atoms with Crippen LogP contribution in [0, 0.1) is 13.8 Å². The molecule has 0 aliphatic rings. The maximum Gasteiger partial charge on any atom is 0.235 e. The summed E-state index contributed by atoms with van der Waals surface area (Å²) >= 11 is 5.33. The minimum absolute atomic E-state index is 0.0369. The summed E-state index contributed by atoms with van der Waals surface area (Å²) in [4.78, 5) is 19.2. The maximum atomic E-state index is 10.9. The van der Waals surface area contributed by atoms with Crippen molar-refractivity contribution in [1.29, 1.82) is 0 Å². The Bertz CT molecular complexity index is 321. The number of nitrogens with zero attached hydrogens (tertiary/aromatic N) is 2. The third-order valence-electron chi connectivity index (χ3n) is 1.59. The molecular formula is C9H12ClN3O. The fourth-order valence-electron chi connectivity index (χ4n) is 1.10. The Morgan fingerprint density at radius 2 is 2.00 bits per heavy atom. The van der Waals surface area contributed by atoms with Crippen LogP contribution in [0.25, 0.3) is 0 Å². The van der Waals surface area contributed by atoms with Crippen molar-refractivity contribution in [2.45, 2.75) is 20.4 Å². The largest absolute Gasteiger partial charge is 0.348 e. The normalized spacial score (nSPS) is 9.93. The summed E-state index contributed by atoms with van der Waals surface area (Å²) in [5.41, 5.74) is 1.79. The molecule has 1 aromatic rings. The van der Waals surface area contributed by atoms with Crippen molar-refractivity contribution in [3.8, 4) is 0 Å². The number of rotatable bonds is 3. The molecule has 14 heavy (non-hydrogen) atoms. The van der Waals surface area contributed by atoms with E-state index in [9.17, 15) is 4.79 Å². The zero-order valence-corrected chi connectivity index (χ0v) is 8.93. The second-order valence-corrected chi connectivity index (χ2v) is 3.24. The molecule has 0 aliphatic heterocycles. The van der Waals surface area contributed by atoms with Gasteiger partial charge in [0.15, 0.2) is 0 Å². The first-order chi connectivity index (χ1) is 6.61. The van der Waals surface area contributed by atoms with E-state index in [0.717, 1.165) is 11.4 Å². The van der Waals surface area contributed by atoms with Crippen LogP contribution in [0.2, 0.25) is 0 Å². The van der Waals surface area contributed by atoms with Gasteiger partial charge in [-0.15, -0.1) is 11.6 Å². The average Bonchev–Trinajstić information content (AvgIpc) is 2.12. The molecular weight excluding hydrogens is 202 g/mol. The zero-order valence-electron chi connectivity index (χ0n) is 8.17. The minimum atomic E-state index is -0.213. The Kier molecular flexibility index (Phi) is 3.83.